The Kier molecular flexibility index (Phi) is 6.24. The van der Waals surface area contributed by atoms with Crippen LogP contribution in [0.4, 0.5) is 4.39 Å². The van der Waals surface area contributed by atoms with Crippen molar-refractivity contribution in [2.45, 2.75) is 25.8 Å². The molecule has 0 aliphatic carbocycles. The molecule has 1 aromatic carbocycles. The van der Waals surface area contributed by atoms with Crippen molar-refractivity contribution in [3.8, 4) is 0 Å². The number of rotatable bonds is 2. The lowest BCUT2D eigenvalue weighted by atomic mass is 9.90. The van der Waals surface area contributed by atoms with Gasteiger partial charge in [0.1, 0.15) is 5.82 Å². The van der Waals surface area contributed by atoms with Gasteiger partial charge >= 0.3 is 0 Å². The number of halogens is 3. The number of carbonyl (C=O) groups is 1. The van der Waals surface area contributed by atoms with Gasteiger partial charge in [0.25, 0.3) is 5.91 Å². The summed E-state index contributed by atoms with van der Waals surface area (Å²) in [5.74, 6) is -0.0990. The van der Waals surface area contributed by atoms with Crippen LogP contribution in [0.5, 0.6) is 0 Å². The van der Waals surface area contributed by atoms with E-state index in [9.17, 15) is 9.18 Å². The summed E-state index contributed by atoms with van der Waals surface area (Å²) >= 11 is 5.92. The summed E-state index contributed by atoms with van der Waals surface area (Å²) in [6.45, 7) is 3.36. The number of nitrogens with zero attached hydrogens (tertiary/aromatic N) is 1. The average Bonchev–Trinajstić information content (AvgIpc) is 2.38. The van der Waals surface area contributed by atoms with Crippen LogP contribution in [0.2, 0.25) is 5.02 Å². The summed E-state index contributed by atoms with van der Waals surface area (Å²) in [4.78, 5) is 14.1. The molecule has 1 unspecified atom stereocenters. The molecule has 1 aliphatic rings. The highest BCUT2D eigenvalue weighted by Gasteiger charge is 2.26. The lowest BCUT2D eigenvalue weighted by Gasteiger charge is -2.33. The zero-order valence-electron chi connectivity index (χ0n) is 11.3. The van der Waals surface area contributed by atoms with Gasteiger partial charge in [-0.15, -0.1) is 12.4 Å². The van der Waals surface area contributed by atoms with Gasteiger partial charge in [-0.05, 0) is 43.9 Å². The molecule has 6 heteroatoms. The predicted octanol–water partition coefficient (Wildman–Crippen LogP) is 3.10. The molecule has 0 aromatic heterocycles. The molecule has 1 aliphatic heterocycles. The van der Waals surface area contributed by atoms with Crippen LogP contribution in [-0.4, -0.2) is 29.9 Å². The molecule has 1 atom stereocenters. The second-order valence-corrected chi connectivity index (χ2v) is 5.52. The predicted molar refractivity (Wildman–Crippen MR) is 80.9 cm³/mol. The van der Waals surface area contributed by atoms with Gasteiger partial charge < -0.3 is 10.6 Å². The van der Waals surface area contributed by atoms with Crippen LogP contribution in [0.25, 0.3) is 0 Å². The van der Waals surface area contributed by atoms with E-state index in [1.165, 1.54) is 18.2 Å². The van der Waals surface area contributed by atoms with Gasteiger partial charge in [0.15, 0.2) is 0 Å². The Hall–Kier alpha value is -0.840. The number of amides is 1. The lowest BCUT2D eigenvalue weighted by Crippen LogP contribution is -2.42. The minimum Gasteiger partial charge on any atom is -0.339 e. The fraction of sp³-hybridized carbons (Fsp3) is 0.500. The molecular weight excluding hydrogens is 302 g/mol. The van der Waals surface area contributed by atoms with Gasteiger partial charge in [-0.3, -0.25) is 4.79 Å². The van der Waals surface area contributed by atoms with E-state index in [-0.39, 0.29) is 29.4 Å². The van der Waals surface area contributed by atoms with E-state index in [1.54, 1.807) is 4.90 Å². The Balaban J connectivity index is 0.00000200. The number of hydrogen-bond donors (Lipinski definition) is 1. The van der Waals surface area contributed by atoms with E-state index >= 15 is 0 Å². The number of hydrogen-bond acceptors (Lipinski definition) is 2. The fourth-order valence-electron chi connectivity index (χ4n) is 2.46. The van der Waals surface area contributed by atoms with Crippen LogP contribution in [0.1, 0.15) is 30.1 Å². The van der Waals surface area contributed by atoms with Gasteiger partial charge in [-0.25, -0.2) is 4.39 Å². The zero-order valence-corrected chi connectivity index (χ0v) is 12.9. The van der Waals surface area contributed by atoms with Crippen molar-refractivity contribution in [1.82, 2.24) is 4.90 Å². The van der Waals surface area contributed by atoms with Gasteiger partial charge in [-0.1, -0.05) is 11.6 Å². The maximum atomic E-state index is 13.0. The van der Waals surface area contributed by atoms with Crippen LogP contribution >= 0.6 is 24.0 Å². The second-order valence-electron chi connectivity index (χ2n) is 5.11. The highest BCUT2D eigenvalue weighted by Crippen LogP contribution is 2.24. The highest BCUT2D eigenvalue weighted by atomic mass is 35.5. The van der Waals surface area contributed by atoms with Crippen LogP contribution in [0.3, 0.4) is 0 Å². The Morgan fingerprint density at radius 3 is 2.55 bits per heavy atom. The molecule has 2 rings (SSSR count). The molecule has 1 fully saturated rings. The normalized spacial score (nSPS) is 17.5. The molecule has 0 spiro atoms. The standard InChI is InChI=1S/C14H18ClFN2O.ClH/c1-9(17)10-4-6-18(7-5-10)14(19)12-3-2-11(16)8-13(12)15;/h2-3,8-10H,4-7,17H2,1H3;1H. The third kappa shape index (κ3) is 3.84. The SMILES string of the molecule is CC(N)C1CCN(C(=O)c2ccc(F)cc2Cl)CC1.Cl. The van der Waals surface area contributed by atoms with E-state index in [4.69, 9.17) is 17.3 Å². The minimum absolute atomic E-state index is 0. The van der Waals surface area contributed by atoms with Gasteiger partial charge in [0.2, 0.25) is 0 Å². The Morgan fingerprint density at radius 2 is 2.05 bits per heavy atom. The van der Waals surface area contributed by atoms with E-state index in [0.29, 0.717) is 24.6 Å². The molecule has 1 saturated heterocycles. The Labute approximate surface area is 129 Å². The summed E-state index contributed by atoms with van der Waals surface area (Å²) < 4.78 is 13.0. The first-order valence-corrected chi connectivity index (χ1v) is 6.86. The van der Waals surface area contributed by atoms with E-state index in [0.717, 1.165) is 12.8 Å². The summed E-state index contributed by atoms with van der Waals surface area (Å²) in [7, 11) is 0. The van der Waals surface area contributed by atoms with Crippen molar-refractivity contribution in [2.75, 3.05) is 13.1 Å². The van der Waals surface area contributed by atoms with Gasteiger partial charge in [-0.2, -0.15) is 0 Å². The molecule has 0 bridgehead atoms. The molecule has 3 nitrogen and oxygen atoms in total. The van der Waals surface area contributed by atoms with Crippen LogP contribution < -0.4 is 5.73 Å². The van der Waals surface area contributed by atoms with Crippen molar-refractivity contribution >= 4 is 29.9 Å². The first-order chi connectivity index (χ1) is 8.99. The van der Waals surface area contributed by atoms with E-state index in [1.807, 2.05) is 6.92 Å². The minimum atomic E-state index is -0.433. The molecule has 112 valence electrons. The molecule has 1 heterocycles. The molecule has 0 radical (unpaired) electrons. The van der Waals surface area contributed by atoms with Gasteiger partial charge in [0, 0.05) is 19.1 Å². The van der Waals surface area contributed by atoms with Crippen LogP contribution in [-0.2, 0) is 0 Å². The Bertz CT molecular complexity index is 474. The number of piperidine rings is 1. The summed E-state index contributed by atoms with van der Waals surface area (Å²) in [6.07, 6.45) is 1.81. The van der Waals surface area contributed by atoms with Crippen LogP contribution in [0.15, 0.2) is 18.2 Å². The van der Waals surface area contributed by atoms with Crippen molar-refractivity contribution in [2.24, 2.45) is 11.7 Å². The monoisotopic (exact) mass is 320 g/mol. The van der Waals surface area contributed by atoms with Crippen molar-refractivity contribution in [1.29, 1.82) is 0 Å². The molecule has 2 N–H and O–H groups in total. The second kappa shape index (κ2) is 7.25. The zero-order chi connectivity index (χ0) is 14.0. The molecular formula is C14H19Cl2FN2O. The number of nitrogens with two attached hydrogens (primary N) is 1. The first-order valence-electron chi connectivity index (χ1n) is 6.49. The Morgan fingerprint density at radius 1 is 1.45 bits per heavy atom. The fourth-order valence-corrected chi connectivity index (χ4v) is 2.71. The molecule has 0 saturated carbocycles. The number of carbonyl (C=O) groups excluding carboxylic acids is 1. The van der Waals surface area contributed by atoms with Crippen molar-refractivity contribution < 1.29 is 9.18 Å². The quantitative estimate of drug-likeness (QED) is 0.910. The van der Waals surface area contributed by atoms with Crippen molar-refractivity contribution in [3.63, 3.8) is 0 Å². The largest absolute Gasteiger partial charge is 0.339 e. The number of benzene rings is 1. The van der Waals surface area contributed by atoms with Crippen LogP contribution in [0, 0.1) is 11.7 Å². The third-order valence-electron chi connectivity index (χ3n) is 3.73. The maximum Gasteiger partial charge on any atom is 0.255 e. The van der Waals surface area contributed by atoms with Gasteiger partial charge in [0.05, 0.1) is 10.6 Å². The summed E-state index contributed by atoms with van der Waals surface area (Å²) in [5, 5.41) is 0.166. The van der Waals surface area contributed by atoms with Crippen molar-refractivity contribution in [3.05, 3.63) is 34.6 Å². The van der Waals surface area contributed by atoms with E-state index in [2.05, 4.69) is 0 Å². The smallest absolute Gasteiger partial charge is 0.255 e. The molecule has 20 heavy (non-hydrogen) atoms. The van der Waals surface area contributed by atoms with E-state index < -0.39 is 5.82 Å². The summed E-state index contributed by atoms with van der Waals surface area (Å²) in [5.41, 5.74) is 6.24. The average molecular weight is 321 g/mol. The highest BCUT2D eigenvalue weighted by molar-refractivity contribution is 6.33. The third-order valence-corrected chi connectivity index (χ3v) is 4.04. The summed E-state index contributed by atoms with van der Waals surface area (Å²) in [6, 6.07) is 4.03. The maximum absolute atomic E-state index is 13.0. The number of likely N-dealkylation sites (tertiary alicyclic amines) is 1. The lowest BCUT2D eigenvalue weighted by molar-refractivity contribution is 0.0681. The topological polar surface area (TPSA) is 46.3 Å². The molecule has 1 aromatic rings. The first kappa shape index (κ1) is 17.2. The molecule has 1 amide bonds.